The summed E-state index contributed by atoms with van der Waals surface area (Å²) < 4.78 is 2.24. The number of hydrogen-bond donors (Lipinski definition) is 0. The van der Waals surface area contributed by atoms with Crippen LogP contribution in [0.1, 0.15) is 21.8 Å². The average molecular weight is 209 g/mol. The molecule has 0 atom stereocenters. The number of nitrogens with zero attached hydrogens (tertiary/aromatic N) is 1. The molecule has 2 heterocycles. The predicted molar refractivity (Wildman–Crippen MR) is 62.2 cm³/mol. The van der Waals surface area contributed by atoms with Crippen molar-refractivity contribution < 1.29 is 0 Å². The Labute approximate surface area is 87.0 Å². The van der Waals surface area contributed by atoms with Crippen molar-refractivity contribution in [2.75, 3.05) is 0 Å². The van der Waals surface area contributed by atoms with E-state index in [1.54, 1.807) is 5.37 Å². The molecular formula is C10H11NS2. The maximum absolute atomic E-state index is 5.01. The van der Waals surface area contributed by atoms with Gasteiger partial charge in [0.05, 0.1) is 5.69 Å². The molecule has 1 nitrogen and oxygen atoms in total. The summed E-state index contributed by atoms with van der Waals surface area (Å²) in [6, 6.07) is 2.20. The second kappa shape index (κ2) is 2.93. The van der Waals surface area contributed by atoms with E-state index in [9.17, 15) is 0 Å². The van der Waals surface area contributed by atoms with Gasteiger partial charge in [0.1, 0.15) is 4.83 Å². The van der Waals surface area contributed by atoms with Crippen molar-refractivity contribution >= 4 is 33.8 Å². The van der Waals surface area contributed by atoms with Crippen LogP contribution in [0, 0.1) is 20.8 Å². The van der Waals surface area contributed by atoms with Crippen LogP contribution in [0.15, 0.2) is 6.07 Å². The van der Waals surface area contributed by atoms with E-state index < -0.39 is 0 Å². The Balaban J connectivity index is 2.94. The quantitative estimate of drug-likeness (QED) is 0.652. The van der Waals surface area contributed by atoms with Gasteiger partial charge in [0.2, 0.25) is 0 Å². The van der Waals surface area contributed by atoms with Crippen molar-refractivity contribution in [3.05, 3.63) is 27.9 Å². The molecule has 0 aromatic carbocycles. The van der Waals surface area contributed by atoms with Gasteiger partial charge in [0.25, 0.3) is 0 Å². The maximum atomic E-state index is 5.01. The molecule has 0 N–H and O–H groups in total. The van der Waals surface area contributed by atoms with Crippen LogP contribution in [-0.2, 0) is 0 Å². The molecule has 3 heteroatoms. The first-order valence-corrected chi connectivity index (χ1v) is 5.47. The largest absolute Gasteiger partial charge is 0.304 e. The molecule has 0 fully saturated rings. The summed E-state index contributed by atoms with van der Waals surface area (Å²) in [6.07, 6.45) is 0. The normalized spacial score (nSPS) is 11.0. The molecule has 0 bridgehead atoms. The molecule has 0 amide bonds. The van der Waals surface area contributed by atoms with Gasteiger partial charge in [-0.3, -0.25) is 0 Å². The highest BCUT2D eigenvalue weighted by molar-refractivity contribution is 7.79. The molecule has 0 aliphatic heterocycles. The van der Waals surface area contributed by atoms with Crippen molar-refractivity contribution in [3.63, 3.8) is 0 Å². The lowest BCUT2D eigenvalue weighted by Crippen LogP contribution is -1.92. The Morgan fingerprint density at radius 3 is 2.69 bits per heavy atom. The first-order chi connectivity index (χ1) is 6.15. The molecule has 0 unspecified atom stereocenters. The fourth-order valence-electron chi connectivity index (χ4n) is 1.57. The number of hydrogen-bond acceptors (Lipinski definition) is 2. The van der Waals surface area contributed by atoms with Crippen LogP contribution in [0.25, 0.3) is 4.83 Å². The minimum atomic E-state index is 1.16. The molecule has 0 radical (unpaired) electrons. The van der Waals surface area contributed by atoms with Gasteiger partial charge in [0.15, 0.2) is 0 Å². The van der Waals surface area contributed by atoms with Crippen molar-refractivity contribution in [2.24, 2.45) is 0 Å². The molecule has 0 saturated carbocycles. The molecule has 68 valence electrons. The molecular weight excluding hydrogens is 198 g/mol. The van der Waals surface area contributed by atoms with E-state index in [1.165, 1.54) is 21.0 Å². The SMILES string of the molecule is Cc1cc2sc(C)c(C)n2c1C=S. The van der Waals surface area contributed by atoms with Crippen LogP contribution < -0.4 is 0 Å². The maximum Gasteiger partial charge on any atom is 0.100 e. The molecule has 0 spiro atoms. The number of thiazole rings is 1. The highest BCUT2D eigenvalue weighted by Gasteiger charge is 2.10. The Hall–Kier alpha value is -0.670. The third-order valence-corrected chi connectivity index (χ3v) is 3.75. The summed E-state index contributed by atoms with van der Waals surface area (Å²) in [5.41, 5.74) is 3.74. The lowest BCUT2D eigenvalue weighted by Gasteiger charge is -1.96. The molecule has 2 rings (SSSR count). The van der Waals surface area contributed by atoms with Gasteiger partial charge in [-0.05, 0) is 32.4 Å². The molecule has 0 saturated heterocycles. The van der Waals surface area contributed by atoms with Crippen LogP contribution in [0.5, 0.6) is 0 Å². The first-order valence-electron chi connectivity index (χ1n) is 4.18. The Kier molecular flexibility index (Phi) is 2.00. The van der Waals surface area contributed by atoms with Gasteiger partial charge in [0, 0.05) is 15.9 Å². The minimum Gasteiger partial charge on any atom is -0.304 e. The molecule has 2 aromatic heterocycles. The summed E-state index contributed by atoms with van der Waals surface area (Å²) in [6.45, 7) is 6.39. The van der Waals surface area contributed by atoms with Gasteiger partial charge in [-0.25, -0.2) is 0 Å². The third kappa shape index (κ3) is 1.15. The summed E-state index contributed by atoms with van der Waals surface area (Å²) in [5.74, 6) is 0. The Morgan fingerprint density at radius 1 is 1.38 bits per heavy atom. The lowest BCUT2D eigenvalue weighted by atomic mass is 10.3. The smallest absolute Gasteiger partial charge is 0.100 e. The summed E-state index contributed by atoms with van der Waals surface area (Å²) >= 11 is 6.84. The summed E-state index contributed by atoms with van der Waals surface area (Å²) in [7, 11) is 0. The molecule has 13 heavy (non-hydrogen) atoms. The highest BCUT2D eigenvalue weighted by atomic mass is 32.1. The first kappa shape index (κ1) is 8.91. The van der Waals surface area contributed by atoms with Crippen molar-refractivity contribution in [1.82, 2.24) is 4.40 Å². The molecule has 0 aliphatic rings. The zero-order valence-electron chi connectivity index (χ0n) is 7.92. The number of aryl methyl sites for hydroxylation is 3. The second-order valence-corrected chi connectivity index (χ2v) is 4.72. The van der Waals surface area contributed by atoms with E-state index in [-0.39, 0.29) is 0 Å². The Bertz CT molecular complexity index is 477. The fourth-order valence-corrected chi connectivity index (χ4v) is 2.98. The second-order valence-electron chi connectivity index (χ2n) is 3.25. The zero-order valence-corrected chi connectivity index (χ0v) is 9.55. The highest BCUT2D eigenvalue weighted by Crippen LogP contribution is 2.26. The fraction of sp³-hybridized carbons (Fsp3) is 0.300. The van der Waals surface area contributed by atoms with Crippen LogP contribution >= 0.6 is 23.6 Å². The topological polar surface area (TPSA) is 4.41 Å². The number of rotatable bonds is 1. The van der Waals surface area contributed by atoms with Gasteiger partial charge >= 0.3 is 0 Å². The van der Waals surface area contributed by atoms with E-state index >= 15 is 0 Å². The van der Waals surface area contributed by atoms with Crippen molar-refractivity contribution in [3.8, 4) is 0 Å². The summed E-state index contributed by atoms with van der Waals surface area (Å²) in [5, 5.41) is 1.77. The Morgan fingerprint density at radius 2 is 2.08 bits per heavy atom. The van der Waals surface area contributed by atoms with Crippen LogP contribution in [-0.4, -0.2) is 9.77 Å². The molecule has 2 aromatic rings. The predicted octanol–water partition coefficient (Wildman–Crippen LogP) is 3.27. The van der Waals surface area contributed by atoms with Gasteiger partial charge in [-0.2, -0.15) is 0 Å². The number of thiocarbonyl (C=S) groups is 1. The molecule has 0 aliphatic carbocycles. The van der Waals surface area contributed by atoms with Crippen LogP contribution in [0.3, 0.4) is 0 Å². The monoisotopic (exact) mass is 209 g/mol. The van der Waals surface area contributed by atoms with E-state index in [4.69, 9.17) is 12.2 Å². The van der Waals surface area contributed by atoms with Crippen molar-refractivity contribution in [1.29, 1.82) is 0 Å². The van der Waals surface area contributed by atoms with E-state index in [1.807, 2.05) is 11.3 Å². The zero-order chi connectivity index (χ0) is 9.59. The number of aromatic nitrogens is 1. The minimum absolute atomic E-state index is 1.16. The summed E-state index contributed by atoms with van der Waals surface area (Å²) in [4.78, 5) is 2.66. The standard InChI is InChI=1S/C10H11NS2/c1-6-4-10-11(9(6)5-12)7(2)8(3)13-10/h4-5H,1-3H3. The van der Waals surface area contributed by atoms with E-state index in [2.05, 4.69) is 31.2 Å². The van der Waals surface area contributed by atoms with Crippen LogP contribution in [0.4, 0.5) is 0 Å². The van der Waals surface area contributed by atoms with Gasteiger partial charge in [-0.15, -0.1) is 11.3 Å². The van der Waals surface area contributed by atoms with Crippen LogP contribution in [0.2, 0.25) is 0 Å². The van der Waals surface area contributed by atoms with E-state index in [0.29, 0.717) is 0 Å². The lowest BCUT2D eigenvalue weighted by molar-refractivity contribution is 1.10. The van der Waals surface area contributed by atoms with E-state index in [0.717, 1.165) is 5.69 Å². The third-order valence-electron chi connectivity index (χ3n) is 2.42. The number of fused-ring (bicyclic) bond motifs is 1. The van der Waals surface area contributed by atoms with Gasteiger partial charge < -0.3 is 4.40 Å². The van der Waals surface area contributed by atoms with Gasteiger partial charge in [-0.1, -0.05) is 12.2 Å². The van der Waals surface area contributed by atoms with Crippen molar-refractivity contribution in [2.45, 2.75) is 20.8 Å². The average Bonchev–Trinajstić information content (AvgIpc) is 2.51.